The fourth-order valence-corrected chi connectivity index (χ4v) is 3.21. The summed E-state index contributed by atoms with van der Waals surface area (Å²) < 4.78 is 0. The summed E-state index contributed by atoms with van der Waals surface area (Å²) >= 11 is 0. The van der Waals surface area contributed by atoms with E-state index in [1.54, 1.807) is 25.7 Å². The topological polar surface area (TPSA) is 0 Å². The summed E-state index contributed by atoms with van der Waals surface area (Å²) in [7, 11) is 0. The standard InChI is InChI=1S/C11H20/c1-9-7-10-5-3-2-4-6-11(10)8-9/h9-11H,2-8H2,1H3. The van der Waals surface area contributed by atoms with Gasteiger partial charge in [0, 0.05) is 0 Å². The lowest BCUT2D eigenvalue weighted by Crippen LogP contribution is -2.04. The van der Waals surface area contributed by atoms with Crippen LogP contribution >= 0.6 is 0 Å². The molecule has 0 radical (unpaired) electrons. The van der Waals surface area contributed by atoms with Gasteiger partial charge in [0.05, 0.1) is 0 Å². The van der Waals surface area contributed by atoms with Crippen LogP contribution in [0.15, 0.2) is 0 Å². The van der Waals surface area contributed by atoms with Crippen molar-refractivity contribution in [2.75, 3.05) is 0 Å². The second-order valence-electron chi connectivity index (χ2n) is 4.73. The first-order valence-corrected chi connectivity index (χ1v) is 5.36. The van der Waals surface area contributed by atoms with E-state index in [1.165, 1.54) is 19.3 Å². The van der Waals surface area contributed by atoms with Crippen LogP contribution in [0.5, 0.6) is 0 Å². The molecular formula is C11H20. The number of fused-ring (bicyclic) bond motifs is 1. The van der Waals surface area contributed by atoms with Crippen LogP contribution in [0.4, 0.5) is 0 Å². The second kappa shape index (κ2) is 3.16. The van der Waals surface area contributed by atoms with Crippen molar-refractivity contribution in [1.29, 1.82) is 0 Å². The van der Waals surface area contributed by atoms with E-state index in [2.05, 4.69) is 6.92 Å². The van der Waals surface area contributed by atoms with Crippen LogP contribution in [-0.4, -0.2) is 0 Å². The highest BCUT2D eigenvalue weighted by Gasteiger charge is 2.31. The molecule has 2 saturated carbocycles. The molecule has 2 aliphatic carbocycles. The maximum Gasteiger partial charge on any atom is -0.0383 e. The molecule has 11 heavy (non-hydrogen) atoms. The highest BCUT2D eigenvalue weighted by Crippen LogP contribution is 2.43. The lowest BCUT2D eigenvalue weighted by Gasteiger charge is -2.14. The molecule has 2 atom stereocenters. The van der Waals surface area contributed by atoms with Gasteiger partial charge in [0.1, 0.15) is 0 Å². The molecule has 0 amide bonds. The van der Waals surface area contributed by atoms with Crippen molar-refractivity contribution in [1.82, 2.24) is 0 Å². The molecule has 0 N–H and O–H groups in total. The van der Waals surface area contributed by atoms with Crippen LogP contribution in [0.25, 0.3) is 0 Å². The Labute approximate surface area is 70.4 Å². The lowest BCUT2D eigenvalue weighted by atomic mass is 9.92. The minimum absolute atomic E-state index is 1.04. The zero-order valence-corrected chi connectivity index (χ0v) is 7.68. The molecule has 0 aromatic carbocycles. The number of hydrogen-bond acceptors (Lipinski definition) is 0. The molecule has 0 heterocycles. The molecule has 2 fully saturated rings. The fourth-order valence-electron chi connectivity index (χ4n) is 3.21. The van der Waals surface area contributed by atoms with E-state index in [1.807, 2.05) is 0 Å². The molecule has 0 saturated heterocycles. The predicted octanol–water partition coefficient (Wildman–Crippen LogP) is 3.61. The Hall–Kier alpha value is 0. The smallest absolute Gasteiger partial charge is 0.0383 e. The van der Waals surface area contributed by atoms with Crippen LogP contribution in [0.2, 0.25) is 0 Å². The maximum absolute atomic E-state index is 2.44. The van der Waals surface area contributed by atoms with Crippen molar-refractivity contribution in [2.45, 2.75) is 51.9 Å². The van der Waals surface area contributed by atoms with E-state index in [-0.39, 0.29) is 0 Å². The van der Waals surface area contributed by atoms with Gasteiger partial charge < -0.3 is 0 Å². The summed E-state index contributed by atoms with van der Waals surface area (Å²) in [6, 6.07) is 0. The lowest BCUT2D eigenvalue weighted by molar-refractivity contribution is 0.367. The van der Waals surface area contributed by atoms with Crippen molar-refractivity contribution in [3.8, 4) is 0 Å². The average Bonchev–Trinajstić information content (AvgIpc) is 2.17. The van der Waals surface area contributed by atoms with Crippen molar-refractivity contribution in [3.05, 3.63) is 0 Å². The molecule has 0 bridgehead atoms. The number of rotatable bonds is 0. The third-order valence-electron chi connectivity index (χ3n) is 3.73. The molecular weight excluding hydrogens is 132 g/mol. The summed E-state index contributed by atoms with van der Waals surface area (Å²) in [5.74, 6) is 3.31. The Kier molecular flexibility index (Phi) is 2.20. The van der Waals surface area contributed by atoms with Crippen molar-refractivity contribution < 1.29 is 0 Å². The Morgan fingerprint density at radius 2 is 1.36 bits per heavy atom. The molecule has 0 aliphatic heterocycles. The normalized spacial score (nSPS) is 45.0. The zero-order chi connectivity index (χ0) is 7.68. The van der Waals surface area contributed by atoms with E-state index in [9.17, 15) is 0 Å². The summed E-state index contributed by atoms with van der Waals surface area (Å²) in [5.41, 5.74) is 0. The Balaban J connectivity index is 1.96. The van der Waals surface area contributed by atoms with Gasteiger partial charge in [-0.3, -0.25) is 0 Å². The van der Waals surface area contributed by atoms with Gasteiger partial charge in [-0.15, -0.1) is 0 Å². The van der Waals surface area contributed by atoms with E-state index in [0.29, 0.717) is 0 Å². The molecule has 2 unspecified atom stereocenters. The molecule has 0 nitrogen and oxygen atoms in total. The highest BCUT2D eigenvalue weighted by atomic mass is 14.4. The molecule has 64 valence electrons. The van der Waals surface area contributed by atoms with Gasteiger partial charge in [0.25, 0.3) is 0 Å². The monoisotopic (exact) mass is 152 g/mol. The molecule has 0 aromatic rings. The first-order valence-electron chi connectivity index (χ1n) is 5.36. The first-order chi connectivity index (χ1) is 5.36. The molecule has 0 spiro atoms. The van der Waals surface area contributed by atoms with E-state index >= 15 is 0 Å². The Morgan fingerprint density at radius 1 is 0.818 bits per heavy atom. The maximum atomic E-state index is 2.44. The van der Waals surface area contributed by atoms with Gasteiger partial charge in [-0.1, -0.05) is 39.0 Å². The largest absolute Gasteiger partial charge is 0.0625 e. The summed E-state index contributed by atoms with van der Waals surface area (Å²) in [6.45, 7) is 2.44. The van der Waals surface area contributed by atoms with E-state index in [0.717, 1.165) is 17.8 Å². The SMILES string of the molecule is CC1CC2CCCCCC2C1. The average molecular weight is 152 g/mol. The molecule has 0 aromatic heterocycles. The Bertz CT molecular complexity index is 114. The molecule has 2 aliphatic rings. The van der Waals surface area contributed by atoms with Crippen LogP contribution < -0.4 is 0 Å². The predicted molar refractivity (Wildman–Crippen MR) is 48.5 cm³/mol. The quantitative estimate of drug-likeness (QED) is 0.497. The minimum Gasteiger partial charge on any atom is -0.0625 e. The Morgan fingerprint density at radius 3 is 1.91 bits per heavy atom. The number of hydrogen-bond donors (Lipinski definition) is 0. The van der Waals surface area contributed by atoms with Gasteiger partial charge in [-0.05, 0) is 30.6 Å². The van der Waals surface area contributed by atoms with Crippen LogP contribution in [0.3, 0.4) is 0 Å². The van der Waals surface area contributed by atoms with Crippen LogP contribution in [-0.2, 0) is 0 Å². The van der Waals surface area contributed by atoms with Gasteiger partial charge in [0.2, 0.25) is 0 Å². The third kappa shape index (κ3) is 1.60. The molecule has 2 rings (SSSR count). The first kappa shape index (κ1) is 7.64. The third-order valence-corrected chi connectivity index (χ3v) is 3.73. The fraction of sp³-hybridized carbons (Fsp3) is 1.00. The van der Waals surface area contributed by atoms with Crippen molar-refractivity contribution >= 4 is 0 Å². The summed E-state index contributed by atoms with van der Waals surface area (Å²) in [5, 5.41) is 0. The van der Waals surface area contributed by atoms with Crippen molar-refractivity contribution in [3.63, 3.8) is 0 Å². The molecule has 0 heteroatoms. The summed E-state index contributed by atoms with van der Waals surface area (Å²) in [4.78, 5) is 0. The highest BCUT2D eigenvalue weighted by molar-refractivity contribution is 4.83. The second-order valence-corrected chi connectivity index (χ2v) is 4.73. The van der Waals surface area contributed by atoms with Crippen LogP contribution in [0.1, 0.15) is 51.9 Å². The summed E-state index contributed by atoms with van der Waals surface area (Å²) in [6.07, 6.45) is 10.8. The van der Waals surface area contributed by atoms with Crippen LogP contribution in [0, 0.1) is 17.8 Å². The van der Waals surface area contributed by atoms with Gasteiger partial charge in [-0.2, -0.15) is 0 Å². The minimum atomic E-state index is 1.04. The zero-order valence-electron chi connectivity index (χ0n) is 7.68. The van der Waals surface area contributed by atoms with Crippen molar-refractivity contribution in [2.24, 2.45) is 17.8 Å². The van der Waals surface area contributed by atoms with E-state index in [4.69, 9.17) is 0 Å². The van der Waals surface area contributed by atoms with Gasteiger partial charge >= 0.3 is 0 Å². The van der Waals surface area contributed by atoms with E-state index < -0.39 is 0 Å². The van der Waals surface area contributed by atoms with Gasteiger partial charge in [-0.25, -0.2) is 0 Å². The van der Waals surface area contributed by atoms with Gasteiger partial charge in [0.15, 0.2) is 0 Å².